The lowest BCUT2D eigenvalue weighted by Gasteiger charge is -2.22. The summed E-state index contributed by atoms with van der Waals surface area (Å²) in [6.07, 6.45) is 0. The Morgan fingerprint density at radius 1 is 1.08 bits per heavy atom. The van der Waals surface area contributed by atoms with Crippen LogP contribution in [0.1, 0.15) is 13.8 Å². The van der Waals surface area contributed by atoms with Crippen molar-refractivity contribution < 1.29 is 0 Å². The second kappa shape index (κ2) is 6.29. The standard InChI is InChI=1S/C19H19N5S/c1-3-24(4-2)19(25)20-12-9-10-14-13(11-12)17-18(22-14)23-16-8-6-5-7-15(16)21-17/h5-11H,3-4H2,1-2H3,(H,20,25)(H,22,23). The van der Waals surface area contributed by atoms with Gasteiger partial charge in [0.2, 0.25) is 0 Å². The third kappa shape index (κ3) is 2.78. The summed E-state index contributed by atoms with van der Waals surface area (Å²) in [4.78, 5) is 14.9. The van der Waals surface area contributed by atoms with Gasteiger partial charge in [-0.25, -0.2) is 9.97 Å². The summed E-state index contributed by atoms with van der Waals surface area (Å²) in [7, 11) is 0. The second-order valence-corrected chi connectivity index (χ2v) is 6.28. The van der Waals surface area contributed by atoms with Gasteiger partial charge < -0.3 is 15.2 Å². The average Bonchev–Trinajstić information content (AvgIpc) is 2.97. The number of anilines is 1. The van der Waals surface area contributed by atoms with E-state index in [4.69, 9.17) is 17.2 Å². The van der Waals surface area contributed by atoms with Crippen molar-refractivity contribution in [3.05, 3.63) is 42.5 Å². The number of benzene rings is 2. The molecule has 0 saturated carbocycles. The van der Waals surface area contributed by atoms with E-state index in [1.807, 2.05) is 36.4 Å². The molecule has 2 N–H and O–H groups in total. The molecule has 0 saturated heterocycles. The number of nitrogens with zero attached hydrogens (tertiary/aromatic N) is 3. The van der Waals surface area contributed by atoms with Crippen molar-refractivity contribution in [2.75, 3.05) is 18.4 Å². The van der Waals surface area contributed by atoms with Gasteiger partial charge in [-0.05, 0) is 56.4 Å². The van der Waals surface area contributed by atoms with E-state index in [0.29, 0.717) is 0 Å². The first kappa shape index (κ1) is 15.8. The maximum Gasteiger partial charge on any atom is 0.173 e. The van der Waals surface area contributed by atoms with Gasteiger partial charge in [0.1, 0.15) is 5.52 Å². The number of nitrogens with one attached hydrogen (secondary N) is 2. The third-order valence-electron chi connectivity index (χ3n) is 4.40. The summed E-state index contributed by atoms with van der Waals surface area (Å²) in [5.74, 6) is 0. The lowest BCUT2D eigenvalue weighted by molar-refractivity contribution is 0.473. The van der Waals surface area contributed by atoms with Crippen LogP contribution in [-0.4, -0.2) is 38.1 Å². The van der Waals surface area contributed by atoms with Crippen LogP contribution in [0, 0.1) is 0 Å². The minimum atomic E-state index is 0.737. The number of H-pyrrole nitrogens is 1. The van der Waals surface area contributed by atoms with Crippen molar-refractivity contribution in [2.24, 2.45) is 0 Å². The largest absolute Gasteiger partial charge is 0.350 e. The molecule has 0 amide bonds. The van der Waals surface area contributed by atoms with Crippen molar-refractivity contribution >= 4 is 56.1 Å². The van der Waals surface area contributed by atoms with Crippen molar-refractivity contribution in [1.82, 2.24) is 19.9 Å². The molecule has 5 nitrogen and oxygen atoms in total. The first-order chi connectivity index (χ1) is 12.2. The fraction of sp³-hybridized carbons (Fsp3) is 0.211. The SMILES string of the molecule is CCN(CC)C(=S)Nc1ccc2[nH]c3nc4ccccc4nc3c2c1. The highest BCUT2D eigenvalue weighted by Crippen LogP contribution is 2.27. The third-order valence-corrected chi connectivity index (χ3v) is 4.76. The van der Waals surface area contributed by atoms with Crippen molar-refractivity contribution in [3.63, 3.8) is 0 Å². The Bertz CT molecular complexity index is 1080. The van der Waals surface area contributed by atoms with Gasteiger partial charge in [-0.1, -0.05) is 12.1 Å². The van der Waals surface area contributed by atoms with Crippen LogP contribution in [0.3, 0.4) is 0 Å². The van der Waals surface area contributed by atoms with E-state index in [1.54, 1.807) is 0 Å². The van der Waals surface area contributed by atoms with Gasteiger partial charge in [-0.2, -0.15) is 0 Å². The molecule has 2 heterocycles. The molecule has 2 aromatic carbocycles. The molecule has 0 aliphatic heterocycles. The molecule has 0 fully saturated rings. The molecule has 0 atom stereocenters. The highest BCUT2D eigenvalue weighted by Gasteiger charge is 2.11. The van der Waals surface area contributed by atoms with E-state index in [0.717, 1.165) is 57.0 Å². The number of rotatable bonds is 3. The number of para-hydroxylation sites is 2. The van der Waals surface area contributed by atoms with E-state index in [2.05, 4.69) is 40.1 Å². The minimum Gasteiger partial charge on any atom is -0.350 e. The van der Waals surface area contributed by atoms with E-state index in [1.165, 1.54) is 0 Å². The van der Waals surface area contributed by atoms with E-state index >= 15 is 0 Å². The van der Waals surface area contributed by atoms with Crippen molar-refractivity contribution in [1.29, 1.82) is 0 Å². The maximum atomic E-state index is 5.50. The predicted molar refractivity (Wildman–Crippen MR) is 108 cm³/mol. The summed E-state index contributed by atoms with van der Waals surface area (Å²) >= 11 is 5.50. The summed E-state index contributed by atoms with van der Waals surface area (Å²) in [5, 5.41) is 5.10. The lowest BCUT2D eigenvalue weighted by atomic mass is 10.2. The maximum absolute atomic E-state index is 5.50. The topological polar surface area (TPSA) is 56.8 Å². The first-order valence-electron chi connectivity index (χ1n) is 8.43. The van der Waals surface area contributed by atoms with Crippen LogP contribution in [0.2, 0.25) is 0 Å². The molecule has 4 rings (SSSR count). The summed E-state index contributed by atoms with van der Waals surface area (Å²) in [6, 6.07) is 14.0. The number of aromatic nitrogens is 3. The molecule has 4 aromatic rings. The summed E-state index contributed by atoms with van der Waals surface area (Å²) < 4.78 is 0. The Morgan fingerprint density at radius 2 is 1.80 bits per heavy atom. The average molecular weight is 349 g/mol. The van der Waals surface area contributed by atoms with Crippen LogP contribution < -0.4 is 5.32 Å². The molecule has 25 heavy (non-hydrogen) atoms. The van der Waals surface area contributed by atoms with E-state index in [9.17, 15) is 0 Å². The Morgan fingerprint density at radius 3 is 2.52 bits per heavy atom. The van der Waals surface area contributed by atoms with Crippen molar-refractivity contribution in [2.45, 2.75) is 13.8 Å². The molecule has 126 valence electrons. The number of thiocarbonyl (C=S) groups is 1. The Kier molecular flexibility index (Phi) is 3.97. The normalized spacial score (nSPS) is 11.3. The fourth-order valence-corrected chi connectivity index (χ4v) is 3.42. The van der Waals surface area contributed by atoms with Crippen LogP contribution in [0.25, 0.3) is 33.1 Å². The minimum absolute atomic E-state index is 0.737. The van der Waals surface area contributed by atoms with Crippen LogP contribution in [0.15, 0.2) is 42.5 Å². The highest BCUT2D eigenvalue weighted by molar-refractivity contribution is 7.80. The van der Waals surface area contributed by atoms with Gasteiger partial charge in [0, 0.05) is 29.7 Å². The molecule has 0 bridgehead atoms. The second-order valence-electron chi connectivity index (χ2n) is 5.90. The van der Waals surface area contributed by atoms with Crippen LogP contribution in [0.5, 0.6) is 0 Å². The van der Waals surface area contributed by atoms with Gasteiger partial charge in [-0.3, -0.25) is 0 Å². The molecule has 0 spiro atoms. The van der Waals surface area contributed by atoms with Crippen LogP contribution >= 0.6 is 12.2 Å². The van der Waals surface area contributed by atoms with E-state index < -0.39 is 0 Å². The molecule has 2 aromatic heterocycles. The molecular weight excluding hydrogens is 330 g/mol. The van der Waals surface area contributed by atoms with Gasteiger partial charge in [0.25, 0.3) is 0 Å². The fourth-order valence-electron chi connectivity index (χ4n) is 3.04. The molecule has 0 radical (unpaired) electrons. The van der Waals surface area contributed by atoms with E-state index in [-0.39, 0.29) is 0 Å². The summed E-state index contributed by atoms with van der Waals surface area (Å²) in [5.41, 5.74) is 5.45. The lowest BCUT2D eigenvalue weighted by Crippen LogP contribution is -2.34. The van der Waals surface area contributed by atoms with Crippen molar-refractivity contribution in [3.8, 4) is 0 Å². The van der Waals surface area contributed by atoms with Crippen LogP contribution in [0.4, 0.5) is 5.69 Å². The smallest absolute Gasteiger partial charge is 0.173 e. The molecule has 0 aliphatic rings. The van der Waals surface area contributed by atoms with Gasteiger partial charge in [0.05, 0.1) is 11.0 Å². The van der Waals surface area contributed by atoms with Crippen LogP contribution in [-0.2, 0) is 0 Å². The number of aromatic amines is 1. The summed E-state index contributed by atoms with van der Waals surface area (Å²) in [6.45, 7) is 5.96. The van der Waals surface area contributed by atoms with Gasteiger partial charge in [-0.15, -0.1) is 0 Å². The zero-order valence-corrected chi connectivity index (χ0v) is 15.0. The quantitative estimate of drug-likeness (QED) is 0.540. The van der Waals surface area contributed by atoms with Gasteiger partial charge in [0.15, 0.2) is 10.8 Å². The Hall–Kier alpha value is -2.73. The molecule has 0 aliphatic carbocycles. The molecule has 0 unspecified atom stereocenters. The molecule has 6 heteroatoms. The number of hydrogen-bond donors (Lipinski definition) is 2. The highest BCUT2D eigenvalue weighted by atomic mass is 32.1. The zero-order valence-electron chi connectivity index (χ0n) is 14.2. The first-order valence-corrected chi connectivity index (χ1v) is 8.84. The Balaban J connectivity index is 1.80. The Labute approximate surface area is 151 Å². The number of hydrogen-bond acceptors (Lipinski definition) is 3. The molecular formula is C19H19N5S. The zero-order chi connectivity index (χ0) is 17.4. The predicted octanol–water partition coefficient (Wildman–Crippen LogP) is 4.30. The monoisotopic (exact) mass is 349 g/mol. The van der Waals surface area contributed by atoms with Gasteiger partial charge >= 0.3 is 0 Å². The number of fused-ring (bicyclic) bond motifs is 4.